The third-order valence-electron chi connectivity index (χ3n) is 2.22. The molecule has 0 atom stereocenters. The van der Waals surface area contributed by atoms with Crippen LogP contribution in [0.3, 0.4) is 0 Å². The zero-order valence-electron chi connectivity index (χ0n) is 9.15. The zero-order valence-corrected chi connectivity index (χ0v) is 11.5. The van der Waals surface area contributed by atoms with Gasteiger partial charge in [-0.15, -0.1) is 11.3 Å². The van der Waals surface area contributed by atoms with Crippen LogP contribution in [0.15, 0.2) is 30.3 Å². The molecule has 2 N–H and O–H groups in total. The fourth-order valence-corrected chi connectivity index (χ4v) is 2.56. The molecule has 94 valence electrons. The van der Waals surface area contributed by atoms with E-state index in [-0.39, 0.29) is 17.2 Å². The Labute approximate surface area is 118 Å². The standard InChI is InChI=1S/C12H9Cl2NO2S/c13-10-5-4-7(18-10)6-17-12(16)8-2-1-3-9(15)11(8)14/h1-5H,6,15H2. The summed E-state index contributed by atoms with van der Waals surface area (Å²) < 4.78 is 5.79. The van der Waals surface area contributed by atoms with Crippen LogP contribution in [0.5, 0.6) is 0 Å². The van der Waals surface area contributed by atoms with Gasteiger partial charge in [0.15, 0.2) is 0 Å². The number of anilines is 1. The molecular weight excluding hydrogens is 293 g/mol. The second-order valence-electron chi connectivity index (χ2n) is 3.49. The van der Waals surface area contributed by atoms with Gasteiger partial charge >= 0.3 is 5.97 Å². The number of benzene rings is 1. The summed E-state index contributed by atoms with van der Waals surface area (Å²) in [7, 11) is 0. The highest BCUT2D eigenvalue weighted by molar-refractivity contribution is 7.16. The van der Waals surface area contributed by atoms with E-state index >= 15 is 0 Å². The minimum atomic E-state index is -0.503. The Balaban J connectivity index is 2.06. The van der Waals surface area contributed by atoms with Gasteiger partial charge in [-0.05, 0) is 24.3 Å². The maximum Gasteiger partial charge on any atom is 0.340 e. The van der Waals surface area contributed by atoms with Gasteiger partial charge in [0.2, 0.25) is 0 Å². The van der Waals surface area contributed by atoms with E-state index in [0.29, 0.717) is 10.0 Å². The molecular formula is C12H9Cl2NO2S. The van der Waals surface area contributed by atoms with Gasteiger partial charge in [-0.1, -0.05) is 29.3 Å². The van der Waals surface area contributed by atoms with Crippen LogP contribution < -0.4 is 5.73 Å². The lowest BCUT2D eigenvalue weighted by Gasteiger charge is -2.06. The molecule has 0 radical (unpaired) electrons. The molecule has 1 aromatic heterocycles. The quantitative estimate of drug-likeness (QED) is 0.689. The molecule has 0 aliphatic heterocycles. The lowest BCUT2D eigenvalue weighted by Crippen LogP contribution is -2.06. The number of hydrogen-bond acceptors (Lipinski definition) is 4. The number of thiophene rings is 1. The highest BCUT2D eigenvalue weighted by atomic mass is 35.5. The van der Waals surface area contributed by atoms with E-state index in [0.717, 1.165) is 4.88 Å². The molecule has 0 aliphatic rings. The van der Waals surface area contributed by atoms with Crippen molar-refractivity contribution in [3.05, 3.63) is 50.1 Å². The van der Waals surface area contributed by atoms with Crippen molar-refractivity contribution in [3.8, 4) is 0 Å². The number of rotatable bonds is 3. The Morgan fingerprint density at radius 2 is 2.06 bits per heavy atom. The first kappa shape index (κ1) is 13.2. The highest BCUT2D eigenvalue weighted by Crippen LogP contribution is 2.25. The summed E-state index contributed by atoms with van der Waals surface area (Å²) in [6.07, 6.45) is 0. The number of halogens is 2. The molecule has 0 saturated heterocycles. The summed E-state index contributed by atoms with van der Waals surface area (Å²) in [6, 6.07) is 8.41. The molecule has 18 heavy (non-hydrogen) atoms. The Kier molecular flexibility index (Phi) is 4.11. The summed E-state index contributed by atoms with van der Waals surface area (Å²) in [6.45, 7) is 0.168. The SMILES string of the molecule is Nc1cccc(C(=O)OCc2ccc(Cl)s2)c1Cl. The van der Waals surface area contributed by atoms with Crippen molar-refractivity contribution in [2.24, 2.45) is 0 Å². The lowest BCUT2D eigenvalue weighted by molar-refractivity contribution is 0.0477. The van der Waals surface area contributed by atoms with Crippen molar-refractivity contribution in [1.29, 1.82) is 0 Å². The Morgan fingerprint density at radius 1 is 1.28 bits per heavy atom. The van der Waals surface area contributed by atoms with Crippen LogP contribution >= 0.6 is 34.5 Å². The summed E-state index contributed by atoms with van der Waals surface area (Å²) in [5.74, 6) is -0.503. The zero-order chi connectivity index (χ0) is 13.1. The predicted molar refractivity (Wildman–Crippen MR) is 74.3 cm³/mol. The maximum atomic E-state index is 11.8. The van der Waals surface area contributed by atoms with Gasteiger partial charge in [0, 0.05) is 4.88 Å². The van der Waals surface area contributed by atoms with Crippen LogP contribution in [0.2, 0.25) is 9.36 Å². The van der Waals surface area contributed by atoms with Gasteiger partial charge in [-0.3, -0.25) is 0 Å². The van der Waals surface area contributed by atoms with Crippen molar-refractivity contribution in [2.75, 3.05) is 5.73 Å². The predicted octanol–water partition coefficient (Wildman–Crippen LogP) is 3.99. The third kappa shape index (κ3) is 2.96. The fraction of sp³-hybridized carbons (Fsp3) is 0.0833. The van der Waals surface area contributed by atoms with E-state index in [4.69, 9.17) is 33.7 Å². The smallest absolute Gasteiger partial charge is 0.340 e. The van der Waals surface area contributed by atoms with E-state index < -0.39 is 5.97 Å². The van der Waals surface area contributed by atoms with Crippen LogP contribution in [0.1, 0.15) is 15.2 Å². The fourth-order valence-electron chi connectivity index (χ4n) is 1.35. The van der Waals surface area contributed by atoms with Crippen LogP contribution in [0, 0.1) is 0 Å². The summed E-state index contributed by atoms with van der Waals surface area (Å²) in [5.41, 5.74) is 6.23. The van der Waals surface area contributed by atoms with E-state index in [1.165, 1.54) is 11.3 Å². The molecule has 6 heteroatoms. The average Bonchev–Trinajstić information content (AvgIpc) is 2.76. The molecule has 0 saturated carbocycles. The maximum absolute atomic E-state index is 11.8. The van der Waals surface area contributed by atoms with Gasteiger partial charge in [0.25, 0.3) is 0 Å². The third-order valence-corrected chi connectivity index (χ3v) is 3.85. The first-order valence-corrected chi connectivity index (χ1v) is 6.60. The number of nitrogen functional groups attached to an aromatic ring is 1. The minimum absolute atomic E-state index is 0.168. The second-order valence-corrected chi connectivity index (χ2v) is 5.67. The molecule has 0 spiro atoms. The van der Waals surface area contributed by atoms with Crippen molar-refractivity contribution < 1.29 is 9.53 Å². The molecule has 0 amide bonds. The molecule has 0 bridgehead atoms. The van der Waals surface area contributed by atoms with Crippen molar-refractivity contribution >= 4 is 46.2 Å². The molecule has 1 heterocycles. The Morgan fingerprint density at radius 3 is 2.72 bits per heavy atom. The molecule has 3 nitrogen and oxygen atoms in total. The Hall–Kier alpha value is -1.23. The normalized spacial score (nSPS) is 10.3. The number of ether oxygens (including phenoxy) is 1. The van der Waals surface area contributed by atoms with Gasteiger partial charge in [0.05, 0.1) is 20.6 Å². The van der Waals surface area contributed by atoms with Crippen molar-refractivity contribution in [1.82, 2.24) is 0 Å². The topological polar surface area (TPSA) is 52.3 Å². The first-order valence-electron chi connectivity index (χ1n) is 5.03. The average molecular weight is 302 g/mol. The lowest BCUT2D eigenvalue weighted by atomic mass is 10.2. The monoisotopic (exact) mass is 301 g/mol. The van der Waals surface area contributed by atoms with Gasteiger partial charge in [-0.2, -0.15) is 0 Å². The van der Waals surface area contributed by atoms with Gasteiger partial charge in [0.1, 0.15) is 6.61 Å². The van der Waals surface area contributed by atoms with Gasteiger partial charge in [-0.25, -0.2) is 4.79 Å². The highest BCUT2D eigenvalue weighted by Gasteiger charge is 2.13. The second kappa shape index (κ2) is 5.61. The molecule has 1 aromatic carbocycles. The van der Waals surface area contributed by atoms with E-state index in [2.05, 4.69) is 0 Å². The molecule has 0 aliphatic carbocycles. The van der Waals surface area contributed by atoms with Gasteiger partial charge < -0.3 is 10.5 Å². The van der Waals surface area contributed by atoms with E-state index in [1.807, 2.05) is 0 Å². The molecule has 0 unspecified atom stereocenters. The van der Waals surface area contributed by atoms with Crippen molar-refractivity contribution in [3.63, 3.8) is 0 Å². The van der Waals surface area contributed by atoms with E-state index in [1.54, 1.807) is 30.3 Å². The number of nitrogens with two attached hydrogens (primary N) is 1. The number of carbonyl (C=O) groups is 1. The van der Waals surface area contributed by atoms with Crippen molar-refractivity contribution in [2.45, 2.75) is 6.61 Å². The summed E-state index contributed by atoms with van der Waals surface area (Å²) >= 11 is 13.1. The molecule has 0 fully saturated rings. The van der Waals surface area contributed by atoms with Crippen LogP contribution in [-0.4, -0.2) is 5.97 Å². The van der Waals surface area contributed by atoms with Crippen LogP contribution in [0.25, 0.3) is 0 Å². The molecule has 2 aromatic rings. The first-order chi connectivity index (χ1) is 8.58. The van der Waals surface area contributed by atoms with Crippen LogP contribution in [0.4, 0.5) is 5.69 Å². The molecule has 2 rings (SSSR count). The summed E-state index contributed by atoms with van der Waals surface area (Å²) in [4.78, 5) is 12.7. The Bertz CT molecular complexity index is 583. The summed E-state index contributed by atoms with van der Waals surface area (Å²) in [5, 5.41) is 0.215. The van der Waals surface area contributed by atoms with E-state index in [9.17, 15) is 4.79 Å². The number of esters is 1. The van der Waals surface area contributed by atoms with Crippen LogP contribution in [-0.2, 0) is 11.3 Å². The largest absolute Gasteiger partial charge is 0.456 e. The minimum Gasteiger partial charge on any atom is -0.456 e. The number of hydrogen-bond donors (Lipinski definition) is 1. The number of carbonyl (C=O) groups excluding carboxylic acids is 1.